The molecular weight excluding hydrogens is 464 g/mol. The minimum atomic E-state index is -0.653. The SMILES string of the molecule is COc1cc(CN(CCCN)c2nc3ccccc3o2)ccc1OCc1c(F)cccc1F.Cl. The van der Waals surface area contributed by atoms with E-state index in [1.807, 2.05) is 41.3 Å². The van der Waals surface area contributed by atoms with Gasteiger partial charge in [0.05, 0.1) is 12.7 Å². The second-order valence-electron chi connectivity index (χ2n) is 7.50. The van der Waals surface area contributed by atoms with E-state index < -0.39 is 11.6 Å². The van der Waals surface area contributed by atoms with Gasteiger partial charge in [0.15, 0.2) is 17.1 Å². The monoisotopic (exact) mass is 489 g/mol. The van der Waals surface area contributed by atoms with Crippen molar-refractivity contribution >= 4 is 29.5 Å². The predicted molar refractivity (Wildman–Crippen MR) is 130 cm³/mol. The molecule has 2 N–H and O–H groups in total. The summed E-state index contributed by atoms with van der Waals surface area (Å²) < 4.78 is 44.9. The Labute approximate surface area is 202 Å². The fourth-order valence-electron chi connectivity index (χ4n) is 3.49. The first-order valence-electron chi connectivity index (χ1n) is 10.6. The van der Waals surface area contributed by atoms with Crippen molar-refractivity contribution in [2.24, 2.45) is 5.73 Å². The van der Waals surface area contributed by atoms with Crippen LogP contribution >= 0.6 is 12.4 Å². The van der Waals surface area contributed by atoms with Gasteiger partial charge in [-0.2, -0.15) is 4.98 Å². The molecule has 0 spiro atoms. The molecule has 4 rings (SSSR count). The number of oxazole rings is 1. The lowest BCUT2D eigenvalue weighted by Gasteiger charge is -2.21. The predicted octanol–water partition coefficient (Wildman–Crippen LogP) is 5.47. The van der Waals surface area contributed by atoms with Crippen LogP contribution in [0.25, 0.3) is 11.1 Å². The second kappa shape index (κ2) is 11.7. The summed E-state index contributed by atoms with van der Waals surface area (Å²) in [4.78, 5) is 6.60. The van der Waals surface area contributed by atoms with Crippen LogP contribution in [-0.4, -0.2) is 25.2 Å². The van der Waals surface area contributed by atoms with Gasteiger partial charge in [-0.1, -0.05) is 24.3 Å². The van der Waals surface area contributed by atoms with E-state index in [2.05, 4.69) is 4.98 Å². The van der Waals surface area contributed by atoms with Gasteiger partial charge in [-0.05, 0) is 54.9 Å². The average Bonchev–Trinajstić information content (AvgIpc) is 3.26. The molecule has 0 saturated carbocycles. The van der Waals surface area contributed by atoms with Crippen molar-refractivity contribution in [1.82, 2.24) is 4.98 Å². The summed E-state index contributed by atoms with van der Waals surface area (Å²) in [6, 6.07) is 17.2. The third-order valence-electron chi connectivity index (χ3n) is 5.22. The Morgan fingerprint density at radius 3 is 2.47 bits per heavy atom. The van der Waals surface area contributed by atoms with Crippen LogP contribution in [0.3, 0.4) is 0 Å². The lowest BCUT2D eigenvalue weighted by Crippen LogP contribution is -2.26. The number of rotatable bonds is 10. The maximum absolute atomic E-state index is 13.9. The van der Waals surface area contributed by atoms with Crippen LogP contribution in [0.4, 0.5) is 14.8 Å². The summed E-state index contributed by atoms with van der Waals surface area (Å²) in [5, 5.41) is 0. The topological polar surface area (TPSA) is 73.8 Å². The Balaban J connectivity index is 0.00000324. The third-order valence-corrected chi connectivity index (χ3v) is 5.22. The zero-order chi connectivity index (χ0) is 23.2. The molecule has 6 nitrogen and oxygen atoms in total. The Morgan fingerprint density at radius 2 is 1.76 bits per heavy atom. The highest BCUT2D eigenvalue weighted by Gasteiger charge is 2.16. The van der Waals surface area contributed by atoms with E-state index in [9.17, 15) is 8.78 Å². The van der Waals surface area contributed by atoms with Gasteiger partial charge in [0.25, 0.3) is 6.01 Å². The maximum atomic E-state index is 13.9. The Hall–Kier alpha value is -3.36. The van der Waals surface area contributed by atoms with Crippen LogP contribution in [0.5, 0.6) is 11.5 Å². The van der Waals surface area contributed by atoms with Gasteiger partial charge in [0, 0.05) is 13.1 Å². The largest absolute Gasteiger partial charge is 0.493 e. The quantitative estimate of drug-likeness (QED) is 0.318. The molecule has 0 fully saturated rings. The zero-order valence-electron chi connectivity index (χ0n) is 18.7. The number of halogens is 3. The molecular formula is C25H26ClF2N3O3. The van der Waals surface area contributed by atoms with Crippen molar-refractivity contribution in [3.05, 3.63) is 83.4 Å². The highest BCUT2D eigenvalue weighted by atomic mass is 35.5. The van der Waals surface area contributed by atoms with Gasteiger partial charge in [-0.3, -0.25) is 0 Å². The van der Waals surface area contributed by atoms with Gasteiger partial charge in [-0.25, -0.2) is 8.78 Å². The molecule has 9 heteroatoms. The molecule has 0 saturated heterocycles. The number of aromatic nitrogens is 1. The standard InChI is InChI=1S/C25H25F2N3O3.ClH/c1-31-24-14-17(10-11-23(24)32-16-18-19(26)6-4-7-20(18)27)15-30(13-5-12-28)25-29-21-8-2-3-9-22(21)33-25;/h2-4,6-11,14H,5,12-13,15-16,28H2,1H3;1H. The molecule has 0 aliphatic rings. The minimum Gasteiger partial charge on any atom is -0.493 e. The Kier molecular flexibility index (Phi) is 8.67. The van der Waals surface area contributed by atoms with E-state index in [4.69, 9.17) is 19.6 Å². The van der Waals surface area contributed by atoms with Gasteiger partial charge >= 0.3 is 0 Å². The van der Waals surface area contributed by atoms with Crippen LogP contribution < -0.4 is 20.1 Å². The van der Waals surface area contributed by atoms with Crippen molar-refractivity contribution in [3.8, 4) is 11.5 Å². The highest BCUT2D eigenvalue weighted by Crippen LogP contribution is 2.31. The summed E-state index contributed by atoms with van der Waals surface area (Å²) in [7, 11) is 1.52. The summed E-state index contributed by atoms with van der Waals surface area (Å²) >= 11 is 0. The van der Waals surface area contributed by atoms with Crippen LogP contribution in [0, 0.1) is 11.6 Å². The van der Waals surface area contributed by atoms with Crippen molar-refractivity contribution < 1.29 is 22.7 Å². The molecule has 0 radical (unpaired) electrons. The number of ether oxygens (including phenoxy) is 2. The van der Waals surface area contributed by atoms with Crippen molar-refractivity contribution in [2.75, 3.05) is 25.1 Å². The van der Waals surface area contributed by atoms with Crippen molar-refractivity contribution in [1.29, 1.82) is 0 Å². The fraction of sp³-hybridized carbons (Fsp3) is 0.240. The number of benzene rings is 3. The molecule has 0 atom stereocenters. The van der Waals surface area contributed by atoms with Crippen LogP contribution in [0.1, 0.15) is 17.5 Å². The van der Waals surface area contributed by atoms with Crippen molar-refractivity contribution in [3.63, 3.8) is 0 Å². The molecule has 34 heavy (non-hydrogen) atoms. The molecule has 0 unspecified atom stereocenters. The first-order chi connectivity index (χ1) is 16.1. The minimum absolute atomic E-state index is 0. The molecule has 0 aliphatic carbocycles. The average molecular weight is 490 g/mol. The van der Waals surface area contributed by atoms with Crippen LogP contribution in [0.2, 0.25) is 0 Å². The summed E-state index contributed by atoms with van der Waals surface area (Å²) in [6.07, 6.45) is 0.769. The molecule has 4 aromatic rings. The van der Waals surface area contributed by atoms with Gasteiger partial charge in [-0.15, -0.1) is 12.4 Å². The normalized spacial score (nSPS) is 10.7. The van der Waals surface area contributed by atoms with E-state index in [1.54, 1.807) is 6.07 Å². The van der Waals surface area contributed by atoms with Gasteiger partial charge in [0.2, 0.25) is 0 Å². The third kappa shape index (κ3) is 5.76. The molecule has 0 aliphatic heterocycles. The number of methoxy groups -OCH3 is 1. The number of fused-ring (bicyclic) bond motifs is 1. The molecule has 1 aromatic heterocycles. The first kappa shape index (κ1) is 25.3. The molecule has 0 bridgehead atoms. The summed E-state index contributed by atoms with van der Waals surface area (Å²) in [6.45, 7) is 1.46. The number of hydrogen-bond acceptors (Lipinski definition) is 6. The van der Waals surface area contributed by atoms with Crippen LogP contribution in [-0.2, 0) is 13.2 Å². The summed E-state index contributed by atoms with van der Waals surface area (Å²) in [5.74, 6) is -0.459. The number of para-hydroxylation sites is 2. The number of nitrogens with zero attached hydrogens (tertiary/aromatic N) is 2. The van der Waals surface area contributed by atoms with E-state index in [0.29, 0.717) is 42.7 Å². The van der Waals surface area contributed by atoms with Gasteiger partial charge in [0.1, 0.15) is 23.8 Å². The van der Waals surface area contributed by atoms with Crippen molar-refractivity contribution in [2.45, 2.75) is 19.6 Å². The number of hydrogen-bond donors (Lipinski definition) is 1. The molecule has 0 amide bonds. The number of anilines is 1. The zero-order valence-corrected chi connectivity index (χ0v) is 19.5. The van der Waals surface area contributed by atoms with E-state index in [1.165, 1.54) is 25.3 Å². The Morgan fingerprint density at radius 1 is 1.00 bits per heavy atom. The number of nitrogens with two attached hydrogens (primary N) is 1. The van der Waals surface area contributed by atoms with Gasteiger partial charge < -0.3 is 24.5 Å². The first-order valence-corrected chi connectivity index (χ1v) is 10.6. The highest BCUT2D eigenvalue weighted by molar-refractivity contribution is 5.85. The smallest absolute Gasteiger partial charge is 0.298 e. The molecule has 1 heterocycles. The molecule has 3 aromatic carbocycles. The lowest BCUT2D eigenvalue weighted by molar-refractivity contribution is 0.274. The second-order valence-corrected chi connectivity index (χ2v) is 7.50. The van der Waals surface area contributed by atoms with E-state index in [-0.39, 0.29) is 24.6 Å². The lowest BCUT2D eigenvalue weighted by atomic mass is 10.1. The van der Waals surface area contributed by atoms with Crippen LogP contribution in [0.15, 0.2) is 65.1 Å². The molecule has 180 valence electrons. The fourth-order valence-corrected chi connectivity index (χ4v) is 3.49. The summed E-state index contributed by atoms with van der Waals surface area (Å²) in [5.41, 5.74) is 8.02. The maximum Gasteiger partial charge on any atom is 0.298 e. The Bertz CT molecular complexity index is 1180. The van der Waals surface area contributed by atoms with E-state index >= 15 is 0 Å². The van der Waals surface area contributed by atoms with E-state index in [0.717, 1.165) is 17.5 Å².